The number of hydrogen-bond acceptors (Lipinski definition) is 7. The first-order valence-electron chi connectivity index (χ1n) is 12.7. The van der Waals surface area contributed by atoms with Gasteiger partial charge in [-0.3, -0.25) is 0 Å². The molecule has 0 aromatic heterocycles. The molecule has 1 spiro atoms. The fourth-order valence-electron chi connectivity index (χ4n) is 4.65. The van der Waals surface area contributed by atoms with Gasteiger partial charge in [-0.05, 0) is 63.9 Å². The van der Waals surface area contributed by atoms with Crippen LogP contribution in [0.25, 0.3) is 0 Å². The summed E-state index contributed by atoms with van der Waals surface area (Å²) in [6, 6.07) is 6.63. The van der Waals surface area contributed by atoms with E-state index >= 15 is 0 Å². The summed E-state index contributed by atoms with van der Waals surface area (Å²) in [7, 11) is -5.67. The molecule has 206 valence electrons. The van der Waals surface area contributed by atoms with Gasteiger partial charge in [0.1, 0.15) is 5.75 Å². The number of piperidine rings is 1. The summed E-state index contributed by atoms with van der Waals surface area (Å²) in [5.41, 5.74) is -0.287. The molecular formula is C26H39N3O6S2. The van der Waals surface area contributed by atoms with E-state index in [1.165, 1.54) is 19.2 Å². The Hall–Kier alpha value is -2.02. The van der Waals surface area contributed by atoms with Gasteiger partial charge in [0, 0.05) is 25.2 Å². The summed E-state index contributed by atoms with van der Waals surface area (Å²) in [5, 5.41) is 3.51. The van der Waals surface area contributed by atoms with Gasteiger partial charge in [-0.15, -0.1) is 0 Å². The molecular weight excluding hydrogens is 514 g/mol. The van der Waals surface area contributed by atoms with Crippen molar-refractivity contribution in [2.75, 3.05) is 39.9 Å². The van der Waals surface area contributed by atoms with Gasteiger partial charge in [0.15, 0.2) is 0 Å². The number of hydrogen-bond donors (Lipinski definition) is 2. The summed E-state index contributed by atoms with van der Waals surface area (Å²) in [6.45, 7) is 8.21. The van der Waals surface area contributed by atoms with E-state index in [0.717, 1.165) is 19.4 Å². The van der Waals surface area contributed by atoms with Crippen molar-refractivity contribution in [1.29, 1.82) is 0 Å². The number of nitrogens with zero attached hydrogens (tertiary/aromatic N) is 1. The second kappa shape index (κ2) is 13.2. The molecule has 2 fully saturated rings. The van der Waals surface area contributed by atoms with Gasteiger partial charge in [0.05, 0.1) is 28.6 Å². The van der Waals surface area contributed by atoms with Crippen LogP contribution >= 0.6 is 0 Å². The van der Waals surface area contributed by atoms with Gasteiger partial charge < -0.3 is 14.8 Å². The van der Waals surface area contributed by atoms with Crippen LogP contribution in [0.4, 0.5) is 0 Å². The third-order valence-corrected chi connectivity index (χ3v) is 10.0. The molecule has 1 aromatic rings. The Morgan fingerprint density at radius 1 is 1.27 bits per heavy atom. The molecule has 2 saturated heterocycles. The van der Waals surface area contributed by atoms with Crippen LogP contribution in [0.2, 0.25) is 0 Å². The highest BCUT2D eigenvalue weighted by Gasteiger charge is 2.44. The van der Waals surface area contributed by atoms with Crippen LogP contribution < -0.4 is 14.8 Å². The summed E-state index contributed by atoms with van der Waals surface area (Å²) in [6.07, 6.45) is 10.1. The minimum Gasteiger partial charge on any atom is -0.494 e. The Kier molecular flexibility index (Phi) is 10.5. The molecule has 1 aromatic carbocycles. The minimum atomic E-state index is -3.54. The summed E-state index contributed by atoms with van der Waals surface area (Å²) >= 11 is 0. The van der Waals surface area contributed by atoms with Gasteiger partial charge in [0.2, 0.25) is 20.0 Å². The quantitative estimate of drug-likeness (QED) is 0.285. The zero-order valence-electron chi connectivity index (χ0n) is 21.7. The van der Waals surface area contributed by atoms with E-state index in [1.54, 1.807) is 40.7 Å². The number of rotatable bonds is 13. The Labute approximate surface area is 221 Å². The van der Waals surface area contributed by atoms with Crippen molar-refractivity contribution in [1.82, 2.24) is 14.3 Å². The summed E-state index contributed by atoms with van der Waals surface area (Å²) in [5.74, 6) is 0.512. The van der Waals surface area contributed by atoms with Crippen molar-refractivity contribution in [3.05, 3.63) is 60.1 Å². The van der Waals surface area contributed by atoms with Crippen LogP contribution in [0.15, 0.2) is 64.9 Å². The molecule has 2 aliphatic heterocycles. The number of allylic oxidation sites excluding steroid dienone is 4. The number of nitrogens with one attached hydrogen (secondary N) is 2. The Morgan fingerprint density at radius 2 is 2.03 bits per heavy atom. The van der Waals surface area contributed by atoms with E-state index in [0.29, 0.717) is 56.2 Å². The topological polar surface area (TPSA) is 114 Å². The first-order valence-corrected chi connectivity index (χ1v) is 15.6. The highest BCUT2D eigenvalue weighted by Crippen LogP contribution is 2.37. The largest absolute Gasteiger partial charge is 0.494 e. The number of benzene rings is 1. The third kappa shape index (κ3) is 7.75. The third-order valence-electron chi connectivity index (χ3n) is 6.69. The molecule has 0 radical (unpaired) electrons. The SMILES string of the molecule is C=C/C=C\C(=C/CC)S(=O)(=O)N1CCC2(CC1)C[C@@H](NCCCOc1cccc(S(=O)(=O)NC)c1)CO2. The van der Waals surface area contributed by atoms with Crippen molar-refractivity contribution < 1.29 is 26.3 Å². The lowest BCUT2D eigenvalue weighted by Crippen LogP contribution is -2.47. The summed E-state index contributed by atoms with van der Waals surface area (Å²) < 4.78 is 65.9. The Balaban J connectivity index is 1.42. The number of ether oxygens (including phenoxy) is 2. The van der Waals surface area contributed by atoms with Crippen molar-refractivity contribution in [3.8, 4) is 5.75 Å². The monoisotopic (exact) mass is 553 g/mol. The van der Waals surface area contributed by atoms with E-state index in [4.69, 9.17) is 9.47 Å². The maximum atomic E-state index is 13.1. The van der Waals surface area contributed by atoms with Crippen LogP contribution in [0.5, 0.6) is 5.75 Å². The highest BCUT2D eigenvalue weighted by molar-refractivity contribution is 7.93. The average Bonchev–Trinajstić information content (AvgIpc) is 3.28. The second-order valence-electron chi connectivity index (χ2n) is 9.25. The lowest BCUT2D eigenvalue weighted by Gasteiger charge is -2.38. The Morgan fingerprint density at radius 3 is 2.70 bits per heavy atom. The van der Waals surface area contributed by atoms with Crippen LogP contribution in [0.1, 0.15) is 39.0 Å². The molecule has 3 rings (SSSR count). The molecule has 2 aliphatic rings. The minimum absolute atomic E-state index is 0.170. The highest BCUT2D eigenvalue weighted by atomic mass is 32.2. The Bertz CT molecular complexity index is 1190. The fraction of sp³-hybridized carbons (Fsp3) is 0.538. The molecule has 9 nitrogen and oxygen atoms in total. The van der Waals surface area contributed by atoms with E-state index in [2.05, 4.69) is 16.6 Å². The van der Waals surface area contributed by atoms with Gasteiger partial charge in [0.25, 0.3) is 0 Å². The summed E-state index contributed by atoms with van der Waals surface area (Å²) in [4.78, 5) is 0.485. The second-order valence-corrected chi connectivity index (χ2v) is 13.1. The van der Waals surface area contributed by atoms with Crippen LogP contribution in [0, 0.1) is 0 Å². The van der Waals surface area contributed by atoms with Crippen molar-refractivity contribution >= 4 is 20.0 Å². The van der Waals surface area contributed by atoms with Gasteiger partial charge in [-0.1, -0.05) is 37.8 Å². The van der Waals surface area contributed by atoms with Crippen LogP contribution in [-0.2, 0) is 24.8 Å². The molecule has 0 aliphatic carbocycles. The first kappa shape index (κ1) is 29.5. The van der Waals surface area contributed by atoms with Crippen LogP contribution in [0.3, 0.4) is 0 Å². The maximum Gasteiger partial charge on any atom is 0.242 e. The van der Waals surface area contributed by atoms with Gasteiger partial charge >= 0.3 is 0 Å². The molecule has 0 amide bonds. The smallest absolute Gasteiger partial charge is 0.242 e. The molecule has 2 N–H and O–H groups in total. The lowest BCUT2D eigenvalue weighted by molar-refractivity contribution is -0.0310. The van der Waals surface area contributed by atoms with Crippen molar-refractivity contribution in [2.45, 2.75) is 55.6 Å². The van der Waals surface area contributed by atoms with E-state index in [-0.39, 0.29) is 16.5 Å². The van der Waals surface area contributed by atoms with E-state index in [1.807, 2.05) is 6.92 Å². The van der Waals surface area contributed by atoms with Gasteiger partial charge in [-0.25, -0.2) is 21.6 Å². The standard InChI is InChI=1S/C26H39N3O6S2/c1-4-6-11-24(9-5-2)37(32,33)29-16-13-26(14-17-29)20-22(21-35-26)28-15-8-18-34-23-10-7-12-25(19-23)36(30,31)27-3/h4,6-7,9-12,19,22,27-28H,1,5,8,13-18,20-21H2,2-3H3/b11-6-,24-9+/t22-/m1/s1. The van der Waals surface area contributed by atoms with E-state index in [9.17, 15) is 16.8 Å². The van der Waals surface area contributed by atoms with Crippen LogP contribution in [-0.4, -0.2) is 72.7 Å². The number of sulfonamides is 2. The zero-order chi connectivity index (χ0) is 26.9. The molecule has 2 heterocycles. The lowest BCUT2D eigenvalue weighted by atomic mass is 9.88. The molecule has 0 saturated carbocycles. The average molecular weight is 554 g/mol. The fourth-order valence-corrected chi connectivity index (χ4v) is 7.00. The maximum absolute atomic E-state index is 13.1. The predicted octanol–water partition coefficient (Wildman–Crippen LogP) is 2.94. The first-order chi connectivity index (χ1) is 17.7. The normalized spacial score (nSPS) is 21.0. The molecule has 0 unspecified atom stereocenters. The van der Waals surface area contributed by atoms with Crippen molar-refractivity contribution in [2.24, 2.45) is 0 Å². The molecule has 37 heavy (non-hydrogen) atoms. The molecule has 1 atom stereocenters. The van der Waals surface area contributed by atoms with E-state index < -0.39 is 20.0 Å². The molecule has 0 bridgehead atoms. The zero-order valence-corrected chi connectivity index (χ0v) is 23.3. The van der Waals surface area contributed by atoms with Crippen molar-refractivity contribution in [3.63, 3.8) is 0 Å². The van der Waals surface area contributed by atoms with Gasteiger partial charge in [-0.2, -0.15) is 4.31 Å². The molecule has 11 heteroatoms. The predicted molar refractivity (Wildman–Crippen MR) is 145 cm³/mol.